The molecule has 1 aromatic rings. The monoisotopic (exact) mass is 276 g/mol. The van der Waals surface area contributed by atoms with Gasteiger partial charge in [0.15, 0.2) is 0 Å². The minimum atomic E-state index is 0.220. The van der Waals surface area contributed by atoms with E-state index < -0.39 is 0 Å². The van der Waals surface area contributed by atoms with E-state index in [0.29, 0.717) is 18.7 Å². The molecule has 0 spiro atoms. The molecule has 2 atom stereocenters. The van der Waals surface area contributed by atoms with Crippen LogP contribution in [0.4, 0.5) is 0 Å². The van der Waals surface area contributed by atoms with E-state index in [0.717, 1.165) is 18.7 Å². The highest BCUT2D eigenvalue weighted by molar-refractivity contribution is 5.30. The zero-order valence-electron chi connectivity index (χ0n) is 13.0. The van der Waals surface area contributed by atoms with E-state index in [1.807, 2.05) is 6.92 Å². The molecule has 1 aliphatic rings. The molecule has 0 saturated carbocycles. The molecule has 0 aromatic heterocycles. The van der Waals surface area contributed by atoms with Gasteiger partial charge in [0.2, 0.25) is 0 Å². The first-order valence-corrected chi connectivity index (χ1v) is 7.87. The lowest BCUT2D eigenvalue weighted by atomic mass is 9.95. The summed E-state index contributed by atoms with van der Waals surface area (Å²) in [6.45, 7) is 8.39. The molecular formula is C17H28N2O. The Labute approximate surface area is 123 Å². The number of rotatable bonds is 4. The molecule has 3 heteroatoms. The average Bonchev–Trinajstić information content (AvgIpc) is 2.62. The van der Waals surface area contributed by atoms with Crippen LogP contribution in [0.3, 0.4) is 0 Å². The summed E-state index contributed by atoms with van der Waals surface area (Å²) in [5, 5.41) is 0. The summed E-state index contributed by atoms with van der Waals surface area (Å²) < 4.78 is 5.53. The first kappa shape index (κ1) is 15.3. The van der Waals surface area contributed by atoms with Gasteiger partial charge in [-0.2, -0.15) is 0 Å². The Hall–Kier alpha value is -1.06. The van der Waals surface area contributed by atoms with Crippen molar-refractivity contribution in [3.05, 3.63) is 29.8 Å². The van der Waals surface area contributed by atoms with Crippen LogP contribution in [-0.4, -0.2) is 30.1 Å². The third kappa shape index (κ3) is 3.53. The summed E-state index contributed by atoms with van der Waals surface area (Å²) in [5.74, 6) is 0.939. The maximum Gasteiger partial charge on any atom is 0.119 e. The summed E-state index contributed by atoms with van der Waals surface area (Å²) in [6, 6.07) is 9.55. The van der Waals surface area contributed by atoms with Crippen molar-refractivity contribution in [3.8, 4) is 5.75 Å². The maximum absolute atomic E-state index is 6.46. The third-order valence-corrected chi connectivity index (χ3v) is 4.16. The van der Waals surface area contributed by atoms with Crippen molar-refractivity contribution in [1.82, 2.24) is 4.90 Å². The predicted octanol–water partition coefficient (Wildman–Crippen LogP) is 3.35. The van der Waals surface area contributed by atoms with Gasteiger partial charge >= 0.3 is 0 Å². The molecule has 1 saturated heterocycles. The first-order chi connectivity index (χ1) is 9.63. The van der Waals surface area contributed by atoms with Gasteiger partial charge in [-0.1, -0.05) is 18.6 Å². The summed E-state index contributed by atoms with van der Waals surface area (Å²) in [7, 11) is 0. The second-order valence-corrected chi connectivity index (χ2v) is 5.94. The predicted molar refractivity (Wildman–Crippen MR) is 84.0 cm³/mol. The van der Waals surface area contributed by atoms with E-state index in [1.54, 1.807) is 0 Å². The third-order valence-electron chi connectivity index (χ3n) is 4.16. The van der Waals surface area contributed by atoms with Gasteiger partial charge < -0.3 is 10.5 Å². The van der Waals surface area contributed by atoms with Crippen LogP contribution in [0.15, 0.2) is 24.3 Å². The van der Waals surface area contributed by atoms with Gasteiger partial charge in [-0.3, -0.25) is 4.90 Å². The highest BCUT2D eigenvalue weighted by Crippen LogP contribution is 2.31. The van der Waals surface area contributed by atoms with Crippen LogP contribution in [0, 0.1) is 0 Å². The molecule has 2 rings (SSSR count). The van der Waals surface area contributed by atoms with E-state index in [9.17, 15) is 0 Å². The first-order valence-electron chi connectivity index (χ1n) is 7.87. The Morgan fingerprint density at radius 3 is 2.55 bits per heavy atom. The van der Waals surface area contributed by atoms with Crippen molar-refractivity contribution in [2.24, 2.45) is 5.73 Å². The Balaban J connectivity index is 2.24. The van der Waals surface area contributed by atoms with Crippen molar-refractivity contribution in [1.29, 1.82) is 0 Å². The van der Waals surface area contributed by atoms with Gasteiger partial charge in [-0.15, -0.1) is 0 Å². The Morgan fingerprint density at radius 2 is 1.95 bits per heavy atom. The SMILES string of the molecule is CCOc1ccc(C2C(N)CCCCN2C(C)C)cc1. The molecule has 0 radical (unpaired) electrons. The van der Waals surface area contributed by atoms with E-state index >= 15 is 0 Å². The van der Waals surface area contributed by atoms with Gasteiger partial charge in [0.05, 0.1) is 12.6 Å². The van der Waals surface area contributed by atoms with Gasteiger partial charge in [0.1, 0.15) is 5.75 Å². The fourth-order valence-corrected chi connectivity index (χ4v) is 3.16. The number of hydrogen-bond acceptors (Lipinski definition) is 3. The van der Waals surface area contributed by atoms with Crippen molar-refractivity contribution >= 4 is 0 Å². The van der Waals surface area contributed by atoms with E-state index in [1.165, 1.54) is 18.4 Å². The van der Waals surface area contributed by atoms with Crippen LogP contribution in [0.2, 0.25) is 0 Å². The van der Waals surface area contributed by atoms with Gasteiger partial charge in [-0.05, 0) is 57.9 Å². The van der Waals surface area contributed by atoms with Crippen molar-refractivity contribution in [2.75, 3.05) is 13.2 Å². The number of nitrogens with two attached hydrogens (primary N) is 1. The minimum Gasteiger partial charge on any atom is -0.494 e. The molecular weight excluding hydrogens is 248 g/mol. The van der Waals surface area contributed by atoms with Crippen LogP contribution in [0.5, 0.6) is 5.75 Å². The summed E-state index contributed by atoms with van der Waals surface area (Å²) in [6.07, 6.45) is 3.60. The van der Waals surface area contributed by atoms with Crippen molar-refractivity contribution in [3.63, 3.8) is 0 Å². The summed E-state index contributed by atoms with van der Waals surface area (Å²) >= 11 is 0. The molecule has 112 valence electrons. The second-order valence-electron chi connectivity index (χ2n) is 5.94. The van der Waals surface area contributed by atoms with Crippen LogP contribution in [0.1, 0.15) is 51.6 Å². The van der Waals surface area contributed by atoms with Crippen LogP contribution >= 0.6 is 0 Å². The number of nitrogens with zero attached hydrogens (tertiary/aromatic N) is 1. The maximum atomic E-state index is 6.46. The standard InChI is InChI=1S/C17H28N2O/c1-4-20-15-10-8-14(9-11-15)17-16(18)7-5-6-12-19(17)13(2)3/h8-11,13,16-17H,4-7,12,18H2,1-3H3. The largest absolute Gasteiger partial charge is 0.494 e. The molecule has 1 aromatic carbocycles. The van der Waals surface area contributed by atoms with Crippen LogP contribution < -0.4 is 10.5 Å². The van der Waals surface area contributed by atoms with Gasteiger partial charge in [-0.25, -0.2) is 0 Å². The Kier molecular flexibility index (Phi) is 5.44. The molecule has 0 aliphatic carbocycles. The molecule has 1 fully saturated rings. The molecule has 0 bridgehead atoms. The lowest BCUT2D eigenvalue weighted by Crippen LogP contribution is -2.43. The summed E-state index contributed by atoms with van der Waals surface area (Å²) in [5.41, 5.74) is 7.78. The molecule has 1 aliphatic heterocycles. The second kappa shape index (κ2) is 7.09. The van der Waals surface area contributed by atoms with Crippen LogP contribution in [0.25, 0.3) is 0 Å². The van der Waals surface area contributed by atoms with Gasteiger partial charge in [0, 0.05) is 12.1 Å². The fourth-order valence-electron chi connectivity index (χ4n) is 3.16. The molecule has 0 amide bonds. The van der Waals surface area contributed by atoms with Crippen LogP contribution in [-0.2, 0) is 0 Å². The molecule has 3 nitrogen and oxygen atoms in total. The quantitative estimate of drug-likeness (QED) is 0.916. The fraction of sp³-hybridized carbons (Fsp3) is 0.647. The highest BCUT2D eigenvalue weighted by Gasteiger charge is 2.30. The number of likely N-dealkylation sites (tertiary alicyclic amines) is 1. The normalized spacial score (nSPS) is 24.6. The Bertz CT molecular complexity index is 402. The topological polar surface area (TPSA) is 38.5 Å². The lowest BCUT2D eigenvalue weighted by Gasteiger charge is -2.36. The number of benzene rings is 1. The molecule has 20 heavy (non-hydrogen) atoms. The Morgan fingerprint density at radius 1 is 1.25 bits per heavy atom. The molecule has 2 unspecified atom stereocenters. The molecule has 2 N–H and O–H groups in total. The van der Waals surface area contributed by atoms with Crippen molar-refractivity contribution < 1.29 is 4.74 Å². The van der Waals surface area contributed by atoms with E-state index in [4.69, 9.17) is 10.5 Å². The zero-order valence-corrected chi connectivity index (χ0v) is 13.0. The smallest absolute Gasteiger partial charge is 0.119 e. The lowest BCUT2D eigenvalue weighted by molar-refractivity contribution is 0.144. The average molecular weight is 276 g/mol. The van der Waals surface area contributed by atoms with Crippen molar-refractivity contribution in [2.45, 2.75) is 58.2 Å². The van der Waals surface area contributed by atoms with Gasteiger partial charge in [0.25, 0.3) is 0 Å². The zero-order chi connectivity index (χ0) is 14.5. The number of ether oxygens (including phenoxy) is 1. The molecule has 1 heterocycles. The highest BCUT2D eigenvalue weighted by atomic mass is 16.5. The number of hydrogen-bond donors (Lipinski definition) is 1. The van der Waals surface area contributed by atoms with E-state index in [-0.39, 0.29) is 6.04 Å². The van der Waals surface area contributed by atoms with E-state index in [2.05, 4.69) is 43.0 Å². The minimum absolute atomic E-state index is 0.220. The summed E-state index contributed by atoms with van der Waals surface area (Å²) in [4.78, 5) is 2.55.